The van der Waals surface area contributed by atoms with Crippen molar-refractivity contribution in [2.75, 3.05) is 5.32 Å². The van der Waals surface area contributed by atoms with E-state index in [1.165, 1.54) is 0 Å². The molecule has 1 saturated carbocycles. The van der Waals surface area contributed by atoms with Gasteiger partial charge in [0, 0.05) is 15.5 Å². The van der Waals surface area contributed by atoms with E-state index in [0.29, 0.717) is 11.4 Å². The molecule has 0 heterocycles. The minimum atomic E-state index is -0.688. The summed E-state index contributed by atoms with van der Waals surface area (Å²) in [6.45, 7) is 0. The first-order valence-electron chi connectivity index (χ1n) is 6.00. The molecule has 1 aliphatic rings. The number of carbonyl (C=O) groups is 1. The van der Waals surface area contributed by atoms with E-state index >= 15 is 0 Å². The van der Waals surface area contributed by atoms with E-state index in [0.717, 1.165) is 29.4 Å². The largest absolute Gasteiger partial charge is 0.481 e. The standard InChI is InChI=1S/C13H15BrClNO2/c14-11-5-4-9(15)7-12(11)16-10-3-1-2-8(6-10)13(17)18/h4-5,7-8,10,16H,1-3,6H2,(H,17,18). The van der Waals surface area contributed by atoms with Crippen LogP contribution in [0, 0.1) is 5.92 Å². The van der Waals surface area contributed by atoms with Gasteiger partial charge in [-0.05, 0) is 53.4 Å². The van der Waals surface area contributed by atoms with Crippen molar-refractivity contribution in [3.05, 3.63) is 27.7 Å². The third-order valence-electron chi connectivity index (χ3n) is 3.31. The van der Waals surface area contributed by atoms with Gasteiger partial charge in [0.05, 0.1) is 11.6 Å². The van der Waals surface area contributed by atoms with Gasteiger partial charge >= 0.3 is 5.97 Å². The highest BCUT2D eigenvalue weighted by atomic mass is 79.9. The van der Waals surface area contributed by atoms with Crippen molar-refractivity contribution < 1.29 is 9.90 Å². The van der Waals surface area contributed by atoms with E-state index in [1.54, 1.807) is 0 Å². The monoisotopic (exact) mass is 331 g/mol. The molecule has 1 aromatic carbocycles. The predicted molar refractivity (Wildman–Crippen MR) is 76.2 cm³/mol. The molecule has 0 radical (unpaired) electrons. The van der Waals surface area contributed by atoms with Gasteiger partial charge in [0.15, 0.2) is 0 Å². The van der Waals surface area contributed by atoms with Crippen molar-refractivity contribution in [1.82, 2.24) is 0 Å². The normalized spacial score (nSPS) is 23.7. The second-order valence-electron chi connectivity index (χ2n) is 4.67. The fraction of sp³-hybridized carbons (Fsp3) is 0.462. The fourth-order valence-corrected chi connectivity index (χ4v) is 2.91. The number of carboxylic acids is 1. The third-order valence-corrected chi connectivity index (χ3v) is 4.24. The van der Waals surface area contributed by atoms with Crippen LogP contribution in [-0.2, 0) is 4.79 Å². The van der Waals surface area contributed by atoms with E-state index in [4.69, 9.17) is 16.7 Å². The number of hydrogen-bond donors (Lipinski definition) is 2. The van der Waals surface area contributed by atoms with Crippen LogP contribution >= 0.6 is 27.5 Å². The lowest BCUT2D eigenvalue weighted by molar-refractivity contribution is -0.142. The number of halogens is 2. The summed E-state index contributed by atoms with van der Waals surface area (Å²) >= 11 is 9.42. The van der Waals surface area contributed by atoms with Crippen LogP contribution in [0.4, 0.5) is 5.69 Å². The zero-order chi connectivity index (χ0) is 13.1. The predicted octanol–water partition coefficient (Wildman–Crippen LogP) is 4.16. The smallest absolute Gasteiger partial charge is 0.306 e. The minimum absolute atomic E-state index is 0.203. The molecule has 1 aromatic rings. The topological polar surface area (TPSA) is 49.3 Å². The quantitative estimate of drug-likeness (QED) is 0.874. The first kappa shape index (κ1) is 13.7. The first-order chi connectivity index (χ1) is 8.56. The lowest BCUT2D eigenvalue weighted by atomic mass is 9.85. The molecule has 2 unspecified atom stereocenters. The van der Waals surface area contributed by atoms with Gasteiger partial charge in [-0.25, -0.2) is 0 Å². The molecular weight excluding hydrogens is 318 g/mol. The lowest BCUT2D eigenvalue weighted by Crippen LogP contribution is -2.31. The van der Waals surface area contributed by atoms with E-state index < -0.39 is 5.97 Å². The number of nitrogens with one attached hydrogen (secondary N) is 1. The Morgan fingerprint density at radius 3 is 2.94 bits per heavy atom. The summed E-state index contributed by atoms with van der Waals surface area (Å²) in [4.78, 5) is 11.0. The van der Waals surface area contributed by atoms with Crippen molar-refractivity contribution in [3.8, 4) is 0 Å². The van der Waals surface area contributed by atoms with E-state index in [1.807, 2.05) is 18.2 Å². The van der Waals surface area contributed by atoms with Crippen LogP contribution in [-0.4, -0.2) is 17.1 Å². The zero-order valence-corrected chi connectivity index (χ0v) is 12.2. The maximum absolute atomic E-state index is 11.0. The fourth-order valence-electron chi connectivity index (χ4n) is 2.37. The van der Waals surface area contributed by atoms with E-state index in [2.05, 4.69) is 21.2 Å². The second-order valence-corrected chi connectivity index (χ2v) is 5.96. The van der Waals surface area contributed by atoms with Crippen LogP contribution in [0.25, 0.3) is 0 Å². The third kappa shape index (κ3) is 3.39. The Hall–Kier alpha value is -0.740. The maximum atomic E-state index is 11.0. The molecule has 0 saturated heterocycles. The van der Waals surface area contributed by atoms with Gasteiger partial charge in [-0.3, -0.25) is 4.79 Å². The summed E-state index contributed by atoms with van der Waals surface area (Å²) < 4.78 is 0.948. The Labute approximate surface area is 120 Å². The SMILES string of the molecule is O=C(O)C1CCCC(Nc2cc(Cl)ccc2Br)C1. The molecule has 2 atom stereocenters. The maximum Gasteiger partial charge on any atom is 0.306 e. The van der Waals surface area contributed by atoms with Crippen LogP contribution in [0.3, 0.4) is 0 Å². The number of rotatable bonds is 3. The summed E-state index contributed by atoms with van der Waals surface area (Å²) in [6.07, 6.45) is 3.41. The first-order valence-corrected chi connectivity index (χ1v) is 7.18. The summed E-state index contributed by atoms with van der Waals surface area (Å²) in [7, 11) is 0. The average molecular weight is 333 g/mol. The average Bonchev–Trinajstić information content (AvgIpc) is 2.34. The highest BCUT2D eigenvalue weighted by Gasteiger charge is 2.27. The lowest BCUT2D eigenvalue weighted by Gasteiger charge is -2.28. The summed E-state index contributed by atoms with van der Waals surface area (Å²) in [5.74, 6) is -0.916. The van der Waals surface area contributed by atoms with Crippen LogP contribution in [0.15, 0.2) is 22.7 Å². The van der Waals surface area contributed by atoms with Gasteiger partial charge in [-0.1, -0.05) is 18.0 Å². The van der Waals surface area contributed by atoms with Crippen molar-refractivity contribution >= 4 is 39.2 Å². The summed E-state index contributed by atoms with van der Waals surface area (Å²) in [6, 6.07) is 5.77. The van der Waals surface area contributed by atoms with Crippen LogP contribution < -0.4 is 5.32 Å². The van der Waals surface area contributed by atoms with Crippen LogP contribution in [0.5, 0.6) is 0 Å². The molecular formula is C13H15BrClNO2. The molecule has 1 aliphatic carbocycles. The van der Waals surface area contributed by atoms with Crippen molar-refractivity contribution in [2.45, 2.75) is 31.7 Å². The summed E-state index contributed by atoms with van der Waals surface area (Å²) in [5, 5.41) is 13.1. The molecule has 0 amide bonds. The van der Waals surface area contributed by atoms with Gasteiger partial charge in [-0.2, -0.15) is 0 Å². The number of hydrogen-bond acceptors (Lipinski definition) is 2. The Morgan fingerprint density at radius 2 is 2.22 bits per heavy atom. The number of aliphatic carboxylic acids is 1. The molecule has 2 rings (SSSR count). The molecule has 0 aromatic heterocycles. The number of benzene rings is 1. The molecule has 0 aliphatic heterocycles. The molecule has 1 fully saturated rings. The highest BCUT2D eigenvalue weighted by Crippen LogP contribution is 2.31. The van der Waals surface area contributed by atoms with Gasteiger partial charge < -0.3 is 10.4 Å². The molecule has 2 N–H and O–H groups in total. The second kappa shape index (κ2) is 5.93. The summed E-state index contributed by atoms with van der Waals surface area (Å²) in [5.41, 5.74) is 0.929. The van der Waals surface area contributed by atoms with Crippen molar-refractivity contribution in [2.24, 2.45) is 5.92 Å². The van der Waals surface area contributed by atoms with E-state index in [9.17, 15) is 4.79 Å². The van der Waals surface area contributed by atoms with Crippen LogP contribution in [0.1, 0.15) is 25.7 Å². The number of anilines is 1. The van der Waals surface area contributed by atoms with Crippen molar-refractivity contribution in [3.63, 3.8) is 0 Å². The molecule has 5 heteroatoms. The Morgan fingerprint density at radius 1 is 1.44 bits per heavy atom. The number of carboxylic acid groups (broad SMARTS) is 1. The highest BCUT2D eigenvalue weighted by molar-refractivity contribution is 9.10. The molecule has 18 heavy (non-hydrogen) atoms. The van der Waals surface area contributed by atoms with Crippen molar-refractivity contribution in [1.29, 1.82) is 0 Å². The Kier molecular flexibility index (Phi) is 4.51. The van der Waals surface area contributed by atoms with E-state index in [-0.39, 0.29) is 12.0 Å². The van der Waals surface area contributed by atoms with Crippen LogP contribution in [0.2, 0.25) is 5.02 Å². The zero-order valence-electron chi connectivity index (χ0n) is 9.83. The van der Waals surface area contributed by atoms with Gasteiger partial charge in [0.1, 0.15) is 0 Å². The minimum Gasteiger partial charge on any atom is -0.481 e. The molecule has 0 bridgehead atoms. The van der Waals surface area contributed by atoms with Gasteiger partial charge in [-0.15, -0.1) is 0 Å². The Bertz CT molecular complexity index is 453. The molecule has 98 valence electrons. The van der Waals surface area contributed by atoms with Gasteiger partial charge in [0.25, 0.3) is 0 Å². The molecule has 0 spiro atoms. The Balaban J connectivity index is 2.04. The van der Waals surface area contributed by atoms with Gasteiger partial charge in [0.2, 0.25) is 0 Å². The molecule has 3 nitrogen and oxygen atoms in total.